The molecule has 34 heavy (non-hydrogen) atoms. The Morgan fingerprint density at radius 1 is 1.06 bits per heavy atom. The smallest absolute Gasteiger partial charge is 0.233 e. The van der Waals surface area contributed by atoms with Crippen molar-refractivity contribution in [2.75, 3.05) is 33.4 Å². The minimum atomic E-state index is -0.543. The molecule has 2 aliphatic rings. The minimum Gasteiger partial charge on any atom is -0.381 e. The lowest BCUT2D eigenvalue weighted by Gasteiger charge is -2.40. The number of carbonyl (C=O) groups excluding carboxylic acids is 2. The summed E-state index contributed by atoms with van der Waals surface area (Å²) in [7, 11) is 1.80. The molecule has 6 heteroatoms. The van der Waals surface area contributed by atoms with Gasteiger partial charge >= 0.3 is 0 Å². The van der Waals surface area contributed by atoms with Crippen LogP contribution in [0.5, 0.6) is 0 Å². The minimum absolute atomic E-state index is 0.0436. The third kappa shape index (κ3) is 5.17. The fraction of sp³-hybridized carbons (Fsp3) is 0.500. The highest BCUT2D eigenvalue weighted by Gasteiger charge is 2.44. The predicted molar refractivity (Wildman–Crippen MR) is 130 cm³/mol. The van der Waals surface area contributed by atoms with Crippen LogP contribution in [0.4, 0.5) is 4.39 Å². The van der Waals surface area contributed by atoms with E-state index < -0.39 is 5.41 Å². The maximum atomic E-state index is 14.0. The van der Waals surface area contributed by atoms with Crippen LogP contribution in [0.2, 0.25) is 0 Å². The highest BCUT2D eigenvalue weighted by molar-refractivity contribution is 5.88. The Balaban J connectivity index is 1.44. The number of carbonyl (C=O) groups is 2. The second-order valence-electron chi connectivity index (χ2n) is 9.71. The van der Waals surface area contributed by atoms with Gasteiger partial charge in [0.1, 0.15) is 5.82 Å². The SMILES string of the molecule is Cc1ccc(C2(C(=O)N3CCCC(N(C)C(=O)Cc4ccccc4F)CC3)CCOCC2)cc1. The van der Waals surface area contributed by atoms with E-state index in [1.807, 2.05) is 4.90 Å². The van der Waals surface area contributed by atoms with Gasteiger partial charge in [-0.3, -0.25) is 9.59 Å². The Hall–Kier alpha value is -2.73. The third-order valence-electron chi connectivity index (χ3n) is 7.59. The zero-order valence-electron chi connectivity index (χ0n) is 20.3. The monoisotopic (exact) mass is 466 g/mol. The average molecular weight is 467 g/mol. The molecule has 0 saturated carbocycles. The Kier molecular flexibility index (Phi) is 7.67. The molecule has 0 spiro atoms. The molecule has 0 bridgehead atoms. The second kappa shape index (κ2) is 10.7. The summed E-state index contributed by atoms with van der Waals surface area (Å²) >= 11 is 0. The van der Waals surface area contributed by atoms with Gasteiger partial charge in [-0.2, -0.15) is 0 Å². The van der Waals surface area contributed by atoms with Crippen molar-refractivity contribution < 1.29 is 18.7 Å². The van der Waals surface area contributed by atoms with Crippen LogP contribution in [0.15, 0.2) is 48.5 Å². The molecule has 2 aliphatic heterocycles. The molecule has 2 aromatic rings. The molecule has 2 amide bonds. The largest absolute Gasteiger partial charge is 0.381 e. The maximum Gasteiger partial charge on any atom is 0.233 e. The molecule has 4 rings (SSSR count). The second-order valence-corrected chi connectivity index (χ2v) is 9.71. The zero-order chi connectivity index (χ0) is 24.1. The first kappa shape index (κ1) is 24.4. The molecule has 0 radical (unpaired) electrons. The van der Waals surface area contributed by atoms with Gasteiger partial charge in [-0.1, -0.05) is 48.0 Å². The van der Waals surface area contributed by atoms with E-state index in [4.69, 9.17) is 4.74 Å². The van der Waals surface area contributed by atoms with E-state index in [-0.39, 0.29) is 30.1 Å². The van der Waals surface area contributed by atoms with Crippen LogP contribution in [-0.2, 0) is 26.2 Å². The number of rotatable bonds is 5. The fourth-order valence-corrected chi connectivity index (χ4v) is 5.32. The Labute approximate surface area is 201 Å². The summed E-state index contributed by atoms with van der Waals surface area (Å²) in [5, 5.41) is 0. The van der Waals surface area contributed by atoms with Crippen LogP contribution in [0.1, 0.15) is 48.8 Å². The maximum absolute atomic E-state index is 14.0. The Morgan fingerprint density at radius 2 is 1.76 bits per heavy atom. The summed E-state index contributed by atoms with van der Waals surface area (Å²) < 4.78 is 19.6. The number of hydrogen-bond donors (Lipinski definition) is 0. The van der Waals surface area contributed by atoms with Crippen LogP contribution in [0.3, 0.4) is 0 Å². The standard InChI is InChI=1S/C28H35FN2O3/c1-21-9-11-23(12-10-21)28(14-18-34-19-15-28)27(33)31-16-5-7-24(13-17-31)30(2)26(32)20-22-6-3-4-8-25(22)29/h3-4,6,8-12,24H,5,7,13-20H2,1-2H3. The van der Waals surface area contributed by atoms with E-state index in [1.54, 1.807) is 30.1 Å². The lowest BCUT2D eigenvalue weighted by Crippen LogP contribution is -2.50. The van der Waals surface area contributed by atoms with E-state index in [0.29, 0.717) is 44.7 Å². The molecule has 1 unspecified atom stereocenters. The number of halogens is 1. The summed E-state index contributed by atoms with van der Waals surface area (Å²) in [5.41, 5.74) is 2.13. The van der Waals surface area contributed by atoms with E-state index in [2.05, 4.69) is 31.2 Å². The Bertz CT molecular complexity index is 1000. The molecule has 0 N–H and O–H groups in total. The van der Waals surface area contributed by atoms with Gasteiger partial charge in [-0.15, -0.1) is 0 Å². The number of hydrogen-bond acceptors (Lipinski definition) is 3. The van der Waals surface area contributed by atoms with Gasteiger partial charge in [0.15, 0.2) is 0 Å². The third-order valence-corrected chi connectivity index (χ3v) is 7.59. The summed E-state index contributed by atoms with van der Waals surface area (Å²) in [6.07, 6.45) is 3.84. The van der Waals surface area contributed by atoms with E-state index in [0.717, 1.165) is 24.8 Å². The Morgan fingerprint density at radius 3 is 2.47 bits per heavy atom. The van der Waals surface area contributed by atoms with Gasteiger partial charge in [0.2, 0.25) is 11.8 Å². The molecule has 2 fully saturated rings. The first-order chi connectivity index (χ1) is 16.4. The summed E-state index contributed by atoms with van der Waals surface area (Å²) in [4.78, 5) is 30.6. The van der Waals surface area contributed by atoms with E-state index in [9.17, 15) is 14.0 Å². The first-order valence-electron chi connectivity index (χ1n) is 12.3. The molecule has 182 valence electrons. The number of amides is 2. The number of likely N-dealkylation sites (tertiary alicyclic amines) is 1. The van der Waals surface area contributed by atoms with Crippen LogP contribution < -0.4 is 0 Å². The molecule has 2 heterocycles. The summed E-state index contributed by atoms with van der Waals surface area (Å²) in [6, 6.07) is 14.8. The van der Waals surface area contributed by atoms with Gasteiger partial charge in [0.25, 0.3) is 0 Å². The van der Waals surface area contributed by atoms with Crippen molar-refractivity contribution in [2.45, 2.75) is 56.9 Å². The quantitative estimate of drug-likeness (QED) is 0.662. The van der Waals surface area contributed by atoms with Crippen molar-refractivity contribution in [1.82, 2.24) is 9.80 Å². The van der Waals surface area contributed by atoms with Crippen LogP contribution in [0, 0.1) is 12.7 Å². The van der Waals surface area contributed by atoms with E-state index in [1.165, 1.54) is 11.6 Å². The van der Waals surface area contributed by atoms with Crippen LogP contribution in [0.25, 0.3) is 0 Å². The van der Waals surface area contributed by atoms with Crippen LogP contribution >= 0.6 is 0 Å². The molecule has 0 aromatic heterocycles. The topological polar surface area (TPSA) is 49.9 Å². The zero-order valence-corrected chi connectivity index (χ0v) is 20.3. The van der Waals surface area contributed by atoms with Crippen molar-refractivity contribution >= 4 is 11.8 Å². The highest BCUT2D eigenvalue weighted by Crippen LogP contribution is 2.37. The highest BCUT2D eigenvalue weighted by atomic mass is 19.1. The number of nitrogens with zero attached hydrogens (tertiary/aromatic N) is 2. The number of aryl methyl sites for hydroxylation is 1. The van der Waals surface area contributed by atoms with Gasteiger partial charge in [-0.05, 0) is 56.2 Å². The molecule has 1 atom stereocenters. The van der Waals surface area contributed by atoms with Gasteiger partial charge in [0, 0.05) is 39.4 Å². The fourth-order valence-electron chi connectivity index (χ4n) is 5.32. The van der Waals surface area contributed by atoms with Crippen molar-refractivity contribution in [1.29, 1.82) is 0 Å². The normalized spacial score (nSPS) is 20.4. The average Bonchev–Trinajstić information content (AvgIpc) is 3.11. The van der Waals surface area contributed by atoms with Crippen molar-refractivity contribution in [2.24, 2.45) is 0 Å². The number of ether oxygens (including phenoxy) is 1. The van der Waals surface area contributed by atoms with Crippen molar-refractivity contribution in [3.8, 4) is 0 Å². The first-order valence-corrected chi connectivity index (χ1v) is 12.3. The van der Waals surface area contributed by atoms with Gasteiger partial charge < -0.3 is 14.5 Å². The lowest BCUT2D eigenvalue weighted by molar-refractivity contribution is -0.141. The molecule has 5 nitrogen and oxygen atoms in total. The summed E-state index contributed by atoms with van der Waals surface area (Å²) in [6.45, 7) is 4.54. The predicted octanol–water partition coefficient (Wildman–Crippen LogP) is 4.26. The van der Waals surface area contributed by atoms with Crippen LogP contribution in [-0.4, -0.2) is 61.0 Å². The van der Waals surface area contributed by atoms with Crippen molar-refractivity contribution in [3.05, 3.63) is 71.0 Å². The molecular weight excluding hydrogens is 431 g/mol. The van der Waals surface area contributed by atoms with Crippen molar-refractivity contribution in [3.63, 3.8) is 0 Å². The molecule has 0 aliphatic carbocycles. The molecular formula is C28H35FN2O3. The number of benzene rings is 2. The van der Waals surface area contributed by atoms with Gasteiger partial charge in [-0.25, -0.2) is 4.39 Å². The number of likely N-dealkylation sites (N-methyl/N-ethyl adjacent to an activating group) is 1. The summed E-state index contributed by atoms with van der Waals surface area (Å²) in [5.74, 6) is -0.254. The van der Waals surface area contributed by atoms with Gasteiger partial charge in [0.05, 0.1) is 11.8 Å². The lowest BCUT2D eigenvalue weighted by atomic mass is 9.72. The molecule has 2 saturated heterocycles. The van der Waals surface area contributed by atoms with E-state index >= 15 is 0 Å². The molecule has 2 aromatic carbocycles.